The van der Waals surface area contributed by atoms with Crippen LogP contribution in [-0.2, 0) is 4.79 Å². The van der Waals surface area contributed by atoms with E-state index < -0.39 is 11.6 Å². The standard InChI is InChI=1S/C8H5BrN2O2/c1-3-10-6-4(9)2-5(12)8(13)7(6)11-3/h2H,1H3,(H,10,11). The number of nitrogens with zero attached hydrogens (tertiary/aromatic N) is 1. The molecule has 0 fully saturated rings. The van der Waals surface area contributed by atoms with Crippen LogP contribution >= 0.6 is 15.9 Å². The molecule has 1 heterocycles. The van der Waals surface area contributed by atoms with Crippen molar-refractivity contribution in [3.05, 3.63) is 23.3 Å². The minimum atomic E-state index is -0.529. The highest BCUT2D eigenvalue weighted by Crippen LogP contribution is 2.27. The number of hydrogen-bond acceptors (Lipinski definition) is 3. The van der Waals surface area contributed by atoms with Crippen LogP contribution in [0.5, 0.6) is 0 Å². The highest BCUT2D eigenvalue weighted by atomic mass is 79.9. The smallest absolute Gasteiger partial charge is 0.251 e. The van der Waals surface area contributed by atoms with Gasteiger partial charge in [0.2, 0.25) is 5.78 Å². The fourth-order valence-electron chi connectivity index (χ4n) is 1.20. The third-order valence-corrected chi connectivity index (χ3v) is 2.36. The first kappa shape index (κ1) is 8.37. The van der Waals surface area contributed by atoms with E-state index in [1.807, 2.05) is 0 Å². The molecule has 1 aromatic rings. The zero-order chi connectivity index (χ0) is 9.59. The van der Waals surface area contributed by atoms with Gasteiger partial charge in [0.15, 0.2) is 0 Å². The van der Waals surface area contributed by atoms with Gasteiger partial charge in [-0.15, -0.1) is 0 Å². The first-order valence-electron chi connectivity index (χ1n) is 3.62. The number of Topliss-reactive ketones (excluding diaryl/α,β-unsaturated/α-hetero) is 1. The first-order valence-corrected chi connectivity index (χ1v) is 4.41. The maximum absolute atomic E-state index is 11.3. The van der Waals surface area contributed by atoms with E-state index in [2.05, 4.69) is 25.9 Å². The molecule has 1 N–H and O–H groups in total. The molecule has 1 aliphatic rings. The van der Waals surface area contributed by atoms with Crippen LogP contribution in [0, 0.1) is 6.92 Å². The Labute approximate surface area is 82.2 Å². The number of ketones is 2. The molecule has 4 nitrogen and oxygen atoms in total. The molecule has 0 saturated carbocycles. The van der Waals surface area contributed by atoms with Gasteiger partial charge < -0.3 is 4.98 Å². The predicted molar refractivity (Wildman–Crippen MR) is 49.6 cm³/mol. The van der Waals surface area contributed by atoms with Gasteiger partial charge in [-0.25, -0.2) is 4.98 Å². The van der Waals surface area contributed by atoms with Crippen LogP contribution in [0.4, 0.5) is 0 Å². The number of H-pyrrole nitrogens is 1. The lowest BCUT2D eigenvalue weighted by molar-refractivity contribution is -0.111. The molecule has 1 aromatic heterocycles. The summed E-state index contributed by atoms with van der Waals surface area (Å²) in [6, 6.07) is 0. The van der Waals surface area contributed by atoms with Crippen molar-refractivity contribution in [1.82, 2.24) is 9.97 Å². The zero-order valence-corrected chi connectivity index (χ0v) is 8.31. The van der Waals surface area contributed by atoms with Crippen LogP contribution in [0.15, 0.2) is 6.08 Å². The average Bonchev–Trinajstić information content (AvgIpc) is 2.44. The van der Waals surface area contributed by atoms with Gasteiger partial charge in [0.25, 0.3) is 5.78 Å². The number of imidazole rings is 1. The summed E-state index contributed by atoms with van der Waals surface area (Å²) in [6.45, 7) is 1.73. The molecule has 0 atom stereocenters. The predicted octanol–water partition coefficient (Wildman–Crippen LogP) is 1.22. The number of hydrogen-bond donors (Lipinski definition) is 1. The van der Waals surface area contributed by atoms with Crippen LogP contribution < -0.4 is 0 Å². The second-order valence-corrected chi connectivity index (χ2v) is 3.59. The van der Waals surface area contributed by atoms with Gasteiger partial charge in [0.1, 0.15) is 17.2 Å². The molecule has 13 heavy (non-hydrogen) atoms. The van der Waals surface area contributed by atoms with E-state index >= 15 is 0 Å². The molecule has 0 aromatic carbocycles. The largest absolute Gasteiger partial charge is 0.339 e. The zero-order valence-electron chi connectivity index (χ0n) is 6.72. The monoisotopic (exact) mass is 240 g/mol. The number of rotatable bonds is 0. The Hall–Kier alpha value is -1.23. The molecule has 66 valence electrons. The maximum atomic E-state index is 11.3. The first-order chi connectivity index (χ1) is 6.09. The second-order valence-electron chi connectivity index (χ2n) is 2.73. The molecule has 2 rings (SSSR count). The van der Waals surface area contributed by atoms with Gasteiger partial charge in [-0.3, -0.25) is 9.59 Å². The summed E-state index contributed by atoms with van der Waals surface area (Å²) in [7, 11) is 0. The minimum absolute atomic E-state index is 0.275. The summed E-state index contributed by atoms with van der Waals surface area (Å²) in [5.74, 6) is -0.430. The van der Waals surface area contributed by atoms with Crippen molar-refractivity contribution in [3.8, 4) is 0 Å². The van der Waals surface area contributed by atoms with E-state index in [0.29, 0.717) is 16.0 Å². The number of nitrogens with one attached hydrogen (secondary N) is 1. The van der Waals surface area contributed by atoms with Crippen molar-refractivity contribution in [2.75, 3.05) is 0 Å². The topological polar surface area (TPSA) is 62.8 Å². The Morgan fingerprint density at radius 2 is 2.15 bits per heavy atom. The van der Waals surface area contributed by atoms with Gasteiger partial charge in [-0.05, 0) is 22.9 Å². The van der Waals surface area contributed by atoms with Crippen molar-refractivity contribution >= 4 is 32.0 Å². The third-order valence-electron chi connectivity index (χ3n) is 1.76. The number of fused-ring (bicyclic) bond motifs is 1. The van der Waals surface area contributed by atoms with Crippen LogP contribution in [-0.4, -0.2) is 21.5 Å². The lowest BCUT2D eigenvalue weighted by atomic mass is 10.1. The SMILES string of the molecule is Cc1nc2c([nH]1)C(=O)C(=O)C=C2Br. The summed E-state index contributed by atoms with van der Waals surface area (Å²) >= 11 is 3.17. The summed E-state index contributed by atoms with van der Waals surface area (Å²) in [5, 5.41) is 0. The molecular weight excluding hydrogens is 236 g/mol. The van der Waals surface area contributed by atoms with Crippen LogP contribution in [0.2, 0.25) is 0 Å². The number of aromatic nitrogens is 2. The average molecular weight is 241 g/mol. The van der Waals surface area contributed by atoms with Crippen molar-refractivity contribution < 1.29 is 9.59 Å². The highest BCUT2D eigenvalue weighted by Gasteiger charge is 2.27. The van der Waals surface area contributed by atoms with Gasteiger partial charge in [0, 0.05) is 10.6 Å². The Morgan fingerprint density at radius 3 is 2.85 bits per heavy atom. The van der Waals surface area contributed by atoms with Crippen molar-refractivity contribution in [3.63, 3.8) is 0 Å². The molecule has 1 aliphatic carbocycles. The number of allylic oxidation sites excluding steroid dienone is 1. The molecule has 0 aliphatic heterocycles. The van der Waals surface area contributed by atoms with E-state index in [0.717, 1.165) is 0 Å². The van der Waals surface area contributed by atoms with Crippen molar-refractivity contribution in [2.45, 2.75) is 6.92 Å². The fourth-order valence-corrected chi connectivity index (χ4v) is 1.70. The Balaban J connectivity index is 2.70. The van der Waals surface area contributed by atoms with E-state index in [1.54, 1.807) is 6.92 Å². The van der Waals surface area contributed by atoms with Crippen molar-refractivity contribution in [1.29, 1.82) is 0 Å². The van der Waals surface area contributed by atoms with Gasteiger partial charge in [0.05, 0.1) is 0 Å². The summed E-state index contributed by atoms with van der Waals surface area (Å²) in [4.78, 5) is 29.2. The molecule has 0 bridgehead atoms. The Bertz CT molecular complexity index is 445. The summed E-state index contributed by atoms with van der Waals surface area (Å²) in [6.07, 6.45) is 1.24. The maximum Gasteiger partial charge on any atom is 0.251 e. The summed E-state index contributed by atoms with van der Waals surface area (Å²) < 4.78 is 0.552. The quantitative estimate of drug-likeness (QED) is 0.694. The van der Waals surface area contributed by atoms with Gasteiger partial charge in [-0.2, -0.15) is 0 Å². The van der Waals surface area contributed by atoms with Crippen LogP contribution in [0.3, 0.4) is 0 Å². The number of aryl methyl sites for hydroxylation is 1. The molecule has 0 saturated heterocycles. The minimum Gasteiger partial charge on any atom is -0.339 e. The van der Waals surface area contributed by atoms with Crippen molar-refractivity contribution in [2.24, 2.45) is 0 Å². The van der Waals surface area contributed by atoms with Gasteiger partial charge >= 0.3 is 0 Å². The highest BCUT2D eigenvalue weighted by molar-refractivity contribution is 9.15. The molecule has 0 spiro atoms. The van der Waals surface area contributed by atoms with E-state index in [-0.39, 0.29) is 5.69 Å². The molecule has 5 heteroatoms. The van der Waals surface area contributed by atoms with E-state index in [9.17, 15) is 9.59 Å². The fraction of sp³-hybridized carbons (Fsp3) is 0.125. The van der Waals surface area contributed by atoms with Gasteiger partial charge in [-0.1, -0.05) is 0 Å². The van der Waals surface area contributed by atoms with Crippen LogP contribution in [0.1, 0.15) is 22.0 Å². The molecule has 0 amide bonds. The number of aromatic amines is 1. The van der Waals surface area contributed by atoms with Crippen LogP contribution in [0.25, 0.3) is 4.48 Å². The molecular formula is C8H5BrN2O2. The lowest BCUT2D eigenvalue weighted by Gasteiger charge is -2.03. The summed E-state index contributed by atoms with van der Waals surface area (Å²) in [5.41, 5.74) is 0.791. The van der Waals surface area contributed by atoms with E-state index in [4.69, 9.17) is 0 Å². The van der Waals surface area contributed by atoms with E-state index in [1.165, 1.54) is 6.08 Å². The Morgan fingerprint density at radius 1 is 1.46 bits per heavy atom. The number of carbonyl (C=O) groups excluding carboxylic acids is 2. The Kier molecular flexibility index (Phi) is 1.69. The molecule has 0 unspecified atom stereocenters. The number of halogens is 1. The third kappa shape index (κ3) is 1.16. The molecule has 0 radical (unpaired) electrons. The lowest BCUT2D eigenvalue weighted by Crippen LogP contribution is -2.17. The number of carbonyl (C=O) groups is 2. The normalized spacial score (nSPS) is 15.7. The second kappa shape index (κ2) is 2.63.